The van der Waals surface area contributed by atoms with Crippen molar-refractivity contribution in [1.29, 1.82) is 0 Å². The number of carbonyl (C=O) groups is 1. The lowest BCUT2D eigenvalue weighted by atomic mass is 10.1. The highest BCUT2D eigenvalue weighted by atomic mass is 16.5. The minimum Gasteiger partial charge on any atom is -0.405 e. The third-order valence-electron chi connectivity index (χ3n) is 3.10. The second kappa shape index (κ2) is 6.18. The Morgan fingerprint density at radius 1 is 0.909 bits per heavy atom. The first-order valence-electron chi connectivity index (χ1n) is 6.90. The van der Waals surface area contributed by atoms with Gasteiger partial charge in [-0.1, -0.05) is 60.7 Å². The Hall–Kier alpha value is -3.01. The number of carbonyl (C=O) groups excluding carboxylic acids is 1. The molecule has 0 fully saturated rings. The van der Waals surface area contributed by atoms with Gasteiger partial charge in [-0.3, -0.25) is 4.79 Å². The van der Waals surface area contributed by atoms with Gasteiger partial charge in [0, 0.05) is 18.1 Å². The summed E-state index contributed by atoms with van der Waals surface area (Å²) in [5.41, 5.74) is 2.99. The molecule has 1 aromatic heterocycles. The average Bonchev–Trinajstić information content (AvgIpc) is 2.56. The van der Waals surface area contributed by atoms with Gasteiger partial charge >= 0.3 is 5.97 Å². The minimum atomic E-state index is -0.420. The highest BCUT2D eigenvalue weighted by Crippen LogP contribution is 2.28. The second-order valence-electron chi connectivity index (χ2n) is 4.73. The molecule has 22 heavy (non-hydrogen) atoms. The first kappa shape index (κ1) is 13.9. The predicted octanol–water partition coefficient (Wildman–Crippen LogP) is 3.74. The molecule has 0 aliphatic rings. The van der Waals surface area contributed by atoms with Crippen molar-refractivity contribution in [3.05, 3.63) is 66.9 Å². The molecule has 1 heterocycles. The van der Waals surface area contributed by atoms with Crippen molar-refractivity contribution in [1.82, 2.24) is 9.97 Å². The van der Waals surface area contributed by atoms with Gasteiger partial charge in [0.25, 0.3) is 0 Å². The molecule has 0 atom stereocenters. The molecule has 0 amide bonds. The molecule has 0 unspecified atom stereocenters. The summed E-state index contributed by atoms with van der Waals surface area (Å²) in [5, 5.41) is 0. The number of aromatic nitrogens is 2. The monoisotopic (exact) mass is 290 g/mol. The molecule has 0 saturated carbocycles. The predicted molar refractivity (Wildman–Crippen MR) is 84.2 cm³/mol. The molecule has 0 saturated heterocycles. The number of esters is 1. The van der Waals surface area contributed by atoms with Crippen molar-refractivity contribution in [2.75, 3.05) is 0 Å². The van der Waals surface area contributed by atoms with E-state index in [0.29, 0.717) is 11.4 Å². The number of ether oxygens (including phenoxy) is 1. The van der Waals surface area contributed by atoms with Crippen LogP contribution in [0.25, 0.3) is 22.5 Å². The molecule has 4 nitrogen and oxygen atoms in total. The van der Waals surface area contributed by atoms with Gasteiger partial charge < -0.3 is 4.74 Å². The Morgan fingerprint density at radius 3 is 2.09 bits per heavy atom. The summed E-state index contributed by atoms with van der Waals surface area (Å²) in [6, 6.07) is 19.2. The van der Waals surface area contributed by atoms with Gasteiger partial charge in [0.05, 0.1) is 11.9 Å². The Labute approximate surface area is 128 Å². The third-order valence-corrected chi connectivity index (χ3v) is 3.10. The van der Waals surface area contributed by atoms with E-state index in [2.05, 4.69) is 9.97 Å². The van der Waals surface area contributed by atoms with Crippen molar-refractivity contribution in [3.63, 3.8) is 0 Å². The summed E-state index contributed by atoms with van der Waals surface area (Å²) in [6.07, 6.45) is 1.69. The summed E-state index contributed by atoms with van der Waals surface area (Å²) in [7, 11) is 0. The summed E-state index contributed by atoms with van der Waals surface area (Å²) in [4.78, 5) is 20.2. The Balaban J connectivity index is 2.10. The summed E-state index contributed by atoms with van der Waals surface area (Å²) >= 11 is 0. The van der Waals surface area contributed by atoms with E-state index in [4.69, 9.17) is 4.74 Å². The van der Waals surface area contributed by atoms with Gasteiger partial charge in [-0.25, -0.2) is 9.97 Å². The fourth-order valence-corrected chi connectivity index (χ4v) is 2.12. The molecule has 108 valence electrons. The van der Waals surface area contributed by atoms with Gasteiger partial charge in [0.2, 0.25) is 5.88 Å². The Kier molecular flexibility index (Phi) is 3.92. The number of nitrogens with zero attached hydrogens (tertiary/aromatic N) is 2. The standard InChI is InChI=1S/C18H14N2O2/c1-13(21)22-18-17(15-10-6-3-7-11-15)19-12-16(20-18)14-8-4-2-5-9-14/h2-12H,1H3. The lowest BCUT2D eigenvalue weighted by molar-refractivity contribution is -0.132. The van der Waals surface area contributed by atoms with Crippen LogP contribution in [0.5, 0.6) is 5.88 Å². The van der Waals surface area contributed by atoms with E-state index < -0.39 is 5.97 Å². The molecule has 3 aromatic rings. The molecule has 0 aliphatic carbocycles. The molecule has 0 aliphatic heterocycles. The SMILES string of the molecule is CC(=O)Oc1nc(-c2ccccc2)cnc1-c1ccccc1. The van der Waals surface area contributed by atoms with Crippen LogP contribution < -0.4 is 4.74 Å². The molecule has 3 rings (SSSR count). The maximum Gasteiger partial charge on any atom is 0.309 e. The fourth-order valence-electron chi connectivity index (χ4n) is 2.12. The minimum absolute atomic E-state index is 0.222. The normalized spacial score (nSPS) is 10.2. The Morgan fingerprint density at radius 2 is 1.50 bits per heavy atom. The fraction of sp³-hybridized carbons (Fsp3) is 0.0556. The van der Waals surface area contributed by atoms with E-state index in [1.807, 2.05) is 60.7 Å². The maximum atomic E-state index is 11.4. The van der Waals surface area contributed by atoms with Crippen LogP contribution in [0.15, 0.2) is 66.9 Å². The molecule has 2 aromatic carbocycles. The van der Waals surface area contributed by atoms with Crippen LogP contribution in [0, 0.1) is 0 Å². The average molecular weight is 290 g/mol. The molecule has 0 spiro atoms. The van der Waals surface area contributed by atoms with E-state index >= 15 is 0 Å². The van der Waals surface area contributed by atoms with E-state index in [1.165, 1.54) is 6.92 Å². The van der Waals surface area contributed by atoms with Crippen LogP contribution in [-0.2, 0) is 4.79 Å². The number of rotatable bonds is 3. The van der Waals surface area contributed by atoms with Gasteiger partial charge in [0.15, 0.2) is 0 Å². The van der Waals surface area contributed by atoms with Gasteiger partial charge in [-0.2, -0.15) is 0 Å². The summed E-state index contributed by atoms with van der Waals surface area (Å²) in [5.74, 6) is -0.197. The van der Waals surface area contributed by atoms with Crippen LogP contribution in [0.2, 0.25) is 0 Å². The van der Waals surface area contributed by atoms with Crippen molar-refractivity contribution < 1.29 is 9.53 Å². The van der Waals surface area contributed by atoms with E-state index in [1.54, 1.807) is 6.20 Å². The van der Waals surface area contributed by atoms with Crippen LogP contribution in [0.3, 0.4) is 0 Å². The van der Waals surface area contributed by atoms with Gasteiger partial charge in [-0.05, 0) is 0 Å². The molecule has 4 heteroatoms. The van der Waals surface area contributed by atoms with Crippen molar-refractivity contribution in [2.45, 2.75) is 6.92 Å². The first-order chi connectivity index (χ1) is 10.7. The largest absolute Gasteiger partial charge is 0.405 e. The summed E-state index contributed by atoms with van der Waals surface area (Å²) in [6.45, 7) is 1.35. The zero-order valence-electron chi connectivity index (χ0n) is 12.1. The molecule has 0 bridgehead atoms. The lowest BCUT2D eigenvalue weighted by Crippen LogP contribution is -2.06. The molecular formula is C18H14N2O2. The quantitative estimate of drug-likeness (QED) is 0.690. The maximum absolute atomic E-state index is 11.4. The first-order valence-corrected chi connectivity index (χ1v) is 6.90. The highest BCUT2D eigenvalue weighted by molar-refractivity contribution is 5.74. The topological polar surface area (TPSA) is 52.1 Å². The van der Waals surface area contributed by atoms with E-state index in [-0.39, 0.29) is 5.88 Å². The number of benzene rings is 2. The lowest BCUT2D eigenvalue weighted by Gasteiger charge is -2.09. The molecular weight excluding hydrogens is 276 g/mol. The van der Waals surface area contributed by atoms with E-state index in [9.17, 15) is 4.79 Å². The second-order valence-corrected chi connectivity index (χ2v) is 4.73. The molecule has 0 radical (unpaired) electrons. The van der Waals surface area contributed by atoms with Crippen molar-refractivity contribution >= 4 is 5.97 Å². The van der Waals surface area contributed by atoms with Gasteiger partial charge in [-0.15, -0.1) is 0 Å². The van der Waals surface area contributed by atoms with Crippen LogP contribution in [0.1, 0.15) is 6.92 Å². The Bertz CT molecular complexity index is 787. The zero-order chi connectivity index (χ0) is 15.4. The number of hydrogen-bond acceptors (Lipinski definition) is 4. The van der Waals surface area contributed by atoms with Crippen LogP contribution in [-0.4, -0.2) is 15.9 Å². The van der Waals surface area contributed by atoms with Crippen LogP contribution >= 0.6 is 0 Å². The van der Waals surface area contributed by atoms with Crippen molar-refractivity contribution in [3.8, 4) is 28.4 Å². The van der Waals surface area contributed by atoms with E-state index in [0.717, 1.165) is 11.1 Å². The summed E-state index contributed by atoms with van der Waals surface area (Å²) < 4.78 is 5.25. The third kappa shape index (κ3) is 3.01. The zero-order valence-corrected chi connectivity index (χ0v) is 12.1. The van der Waals surface area contributed by atoms with Crippen LogP contribution in [0.4, 0.5) is 0 Å². The molecule has 0 N–H and O–H groups in total. The van der Waals surface area contributed by atoms with Gasteiger partial charge in [0.1, 0.15) is 5.69 Å². The number of hydrogen-bond donors (Lipinski definition) is 0. The van der Waals surface area contributed by atoms with Crippen molar-refractivity contribution in [2.24, 2.45) is 0 Å². The smallest absolute Gasteiger partial charge is 0.309 e. The highest BCUT2D eigenvalue weighted by Gasteiger charge is 2.13.